The van der Waals surface area contributed by atoms with Crippen molar-refractivity contribution < 1.29 is 33.8 Å². The summed E-state index contributed by atoms with van der Waals surface area (Å²) in [6.07, 6.45) is 0.907. The van der Waals surface area contributed by atoms with E-state index in [4.69, 9.17) is 9.47 Å². The van der Waals surface area contributed by atoms with Crippen molar-refractivity contribution in [1.82, 2.24) is 14.7 Å². The Morgan fingerprint density at radius 2 is 1.97 bits per heavy atom. The average molecular weight is 519 g/mol. The minimum atomic E-state index is -1.73. The first-order chi connectivity index (χ1) is 17.4. The van der Waals surface area contributed by atoms with Crippen LogP contribution >= 0.6 is 0 Å². The third kappa shape index (κ3) is 5.66. The summed E-state index contributed by atoms with van der Waals surface area (Å²) in [7, 11) is 4.70. The number of rotatable bonds is 8. The van der Waals surface area contributed by atoms with E-state index in [9.17, 15) is 24.3 Å². The van der Waals surface area contributed by atoms with Gasteiger partial charge in [-0.2, -0.15) is 0 Å². The average Bonchev–Trinajstić information content (AvgIpc) is 2.85. The predicted molar refractivity (Wildman–Crippen MR) is 137 cm³/mol. The summed E-state index contributed by atoms with van der Waals surface area (Å²) >= 11 is 0. The fraction of sp³-hybridized carbons (Fsp3) is 0.615. The molecule has 1 aromatic carbocycles. The summed E-state index contributed by atoms with van der Waals surface area (Å²) < 4.78 is 11.1. The molecule has 0 spiro atoms. The minimum Gasteiger partial charge on any atom is -0.465 e. The molecular formula is C26H38N4O7. The van der Waals surface area contributed by atoms with E-state index in [0.717, 1.165) is 0 Å². The number of hydrogen-bond donors (Lipinski definition) is 1. The van der Waals surface area contributed by atoms with Crippen LogP contribution in [0, 0.1) is 0 Å². The second kappa shape index (κ2) is 11.4. The molecule has 1 aromatic rings. The lowest BCUT2D eigenvalue weighted by molar-refractivity contribution is -0.154. The summed E-state index contributed by atoms with van der Waals surface area (Å²) in [6.45, 7) is 6.66. The van der Waals surface area contributed by atoms with Crippen molar-refractivity contribution in [2.45, 2.75) is 57.7 Å². The number of anilines is 1. The van der Waals surface area contributed by atoms with E-state index in [1.54, 1.807) is 44.3 Å². The molecule has 1 N–H and O–H groups in total. The first-order valence-corrected chi connectivity index (χ1v) is 12.6. The maximum absolute atomic E-state index is 13.8. The van der Waals surface area contributed by atoms with Gasteiger partial charge < -0.3 is 34.2 Å². The number of fused-ring (bicyclic) bond motifs is 1. The smallest absolute Gasteiger partial charge is 0.407 e. The highest BCUT2D eigenvalue weighted by Gasteiger charge is 2.51. The molecule has 2 aliphatic rings. The minimum absolute atomic E-state index is 0.168. The Morgan fingerprint density at radius 1 is 1.27 bits per heavy atom. The van der Waals surface area contributed by atoms with Gasteiger partial charge in [0.25, 0.3) is 23.3 Å². The second-order valence-corrected chi connectivity index (χ2v) is 10.2. The maximum Gasteiger partial charge on any atom is 0.407 e. The molecule has 11 heteroatoms. The summed E-state index contributed by atoms with van der Waals surface area (Å²) in [5.74, 6) is -0.912. The Labute approximate surface area is 217 Å². The van der Waals surface area contributed by atoms with E-state index in [1.165, 1.54) is 21.6 Å². The molecule has 11 nitrogen and oxygen atoms in total. The van der Waals surface area contributed by atoms with Gasteiger partial charge in [-0.1, -0.05) is 0 Å². The van der Waals surface area contributed by atoms with Gasteiger partial charge in [-0.25, -0.2) is 4.79 Å². The molecule has 0 aromatic heterocycles. The molecule has 3 rings (SSSR count). The van der Waals surface area contributed by atoms with Crippen molar-refractivity contribution in [3.05, 3.63) is 23.8 Å². The number of carbonyl (C=O) groups is 4. The molecule has 0 bridgehead atoms. The van der Waals surface area contributed by atoms with Crippen molar-refractivity contribution in [3.8, 4) is 5.75 Å². The van der Waals surface area contributed by atoms with Gasteiger partial charge >= 0.3 is 6.09 Å². The van der Waals surface area contributed by atoms with Crippen LogP contribution in [-0.4, -0.2) is 109 Å². The molecule has 0 aliphatic carbocycles. The number of likely N-dealkylation sites (tertiary alicyclic amines) is 1. The molecule has 1 saturated heterocycles. The zero-order valence-corrected chi connectivity index (χ0v) is 22.5. The summed E-state index contributed by atoms with van der Waals surface area (Å²) in [5, 5.41) is 9.46. The molecule has 1 unspecified atom stereocenters. The Morgan fingerprint density at radius 3 is 2.57 bits per heavy atom. The quantitative estimate of drug-likeness (QED) is 0.414. The summed E-state index contributed by atoms with van der Waals surface area (Å²) in [4.78, 5) is 57.7. The van der Waals surface area contributed by atoms with Gasteiger partial charge in [0.1, 0.15) is 5.75 Å². The highest BCUT2D eigenvalue weighted by Crippen LogP contribution is 2.40. The number of piperidine rings is 1. The van der Waals surface area contributed by atoms with Gasteiger partial charge in [0, 0.05) is 59.1 Å². The number of ether oxygens (including phenoxy) is 2. The van der Waals surface area contributed by atoms with Crippen LogP contribution in [0.1, 0.15) is 50.4 Å². The van der Waals surface area contributed by atoms with Crippen molar-refractivity contribution in [2.75, 3.05) is 52.3 Å². The second-order valence-electron chi connectivity index (χ2n) is 10.2. The number of hydrogen-bond acceptors (Lipinski definition) is 6. The number of carboxylic acid groups (broad SMARTS) is 1. The van der Waals surface area contributed by atoms with Crippen LogP contribution in [0.25, 0.3) is 0 Å². The molecule has 2 atom stereocenters. The number of nitrogens with zero attached hydrogens (tertiary/aromatic N) is 4. The Hall–Kier alpha value is -3.34. The Kier molecular flexibility index (Phi) is 8.68. The van der Waals surface area contributed by atoms with Crippen molar-refractivity contribution in [3.63, 3.8) is 0 Å². The number of likely N-dealkylation sites (N-methyl/N-ethyl adjacent to an activating group) is 1. The molecule has 37 heavy (non-hydrogen) atoms. The molecule has 2 heterocycles. The van der Waals surface area contributed by atoms with E-state index < -0.39 is 23.5 Å². The Bertz CT molecular complexity index is 1040. The van der Waals surface area contributed by atoms with Crippen molar-refractivity contribution in [2.24, 2.45) is 0 Å². The highest BCUT2D eigenvalue weighted by molar-refractivity contribution is 6.16. The maximum atomic E-state index is 13.8. The van der Waals surface area contributed by atoms with Gasteiger partial charge in [0.05, 0.1) is 11.7 Å². The predicted octanol–water partition coefficient (Wildman–Crippen LogP) is 2.29. The van der Waals surface area contributed by atoms with Gasteiger partial charge in [0.2, 0.25) is 0 Å². The lowest BCUT2D eigenvalue weighted by atomic mass is 9.97. The third-order valence-corrected chi connectivity index (χ3v) is 6.86. The van der Waals surface area contributed by atoms with Gasteiger partial charge in [-0.15, -0.1) is 0 Å². The number of amides is 4. The van der Waals surface area contributed by atoms with E-state index in [0.29, 0.717) is 49.4 Å². The van der Waals surface area contributed by atoms with Gasteiger partial charge in [-0.05, 0) is 58.2 Å². The van der Waals surface area contributed by atoms with E-state index in [-0.39, 0.29) is 31.1 Å². The first-order valence-electron chi connectivity index (χ1n) is 12.6. The lowest BCUT2D eigenvalue weighted by Crippen LogP contribution is -2.62. The van der Waals surface area contributed by atoms with Crippen LogP contribution in [0.15, 0.2) is 18.2 Å². The molecule has 1 fully saturated rings. The zero-order chi connectivity index (χ0) is 27.5. The lowest BCUT2D eigenvalue weighted by Gasteiger charge is -2.42. The van der Waals surface area contributed by atoms with Crippen LogP contribution in [-0.2, 0) is 14.3 Å². The first kappa shape index (κ1) is 28.2. The van der Waals surface area contributed by atoms with Crippen LogP contribution in [0.4, 0.5) is 10.5 Å². The van der Waals surface area contributed by atoms with Crippen molar-refractivity contribution in [1.29, 1.82) is 0 Å². The van der Waals surface area contributed by atoms with Crippen LogP contribution in [0.2, 0.25) is 0 Å². The molecule has 204 valence electrons. The molecule has 0 saturated carbocycles. The fourth-order valence-electron chi connectivity index (χ4n) is 5.06. The normalized spacial score (nSPS) is 21.4. The van der Waals surface area contributed by atoms with Crippen LogP contribution in [0.3, 0.4) is 0 Å². The van der Waals surface area contributed by atoms with E-state index in [2.05, 4.69) is 0 Å². The van der Waals surface area contributed by atoms with Crippen LogP contribution in [0.5, 0.6) is 5.75 Å². The SMILES string of the molecule is COCCCN1C(=O)C(C)(C(=O)N(C)C)Oc2ccc(C(=O)N(C(C)C)[C@@H]3CCCN(C(=O)O)C3)cc21. The Balaban J connectivity index is 1.98. The van der Waals surface area contributed by atoms with E-state index in [1.807, 2.05) is 13.8 Å². The number of benzene rings is 1. The fourth-order valence-corrected chi connectivity index (χ4v) is 5.06. The van der Waals surface area contributed by atoms with Gasteiger partial charge in [0.15, 0.2) is 0 Å². The van der Waals surface area contributed by atoms with E-state index >= 15 is 0 Å². The van der Waals surface area contributed by atoms with Crippen molar-refractivity contribution >= 4 is 29.5 Å². The monoisotopic (exact) mass is 518 g/mol. The number of carbonyl (C=O) groups excluding carboxylic acids is 3. The molecule has 2 aliphatic heterocycles. The largest absolute Gasteiger partial charge is 0.465 e. The molecule has 4 amide bonds. The highest BCUT2D eigenvalue weighted by atomic mass is 16.5. The van der Waals surface area contributed by atoms with Gasteiger partial charge in [-0.3, -0.25) is 14.4 Å². The standard InChI is InChI=1S/C26H38N4O7/c1-17(2)30(19-9-7-12-28(16-19)25(34)35)22(31)18-10-11-21-20(15-18)29(13-8-14-36-6)24(33)26(3,37-21)23(32)27(4)5/h10-11,15,17,19H,7-9,12-14,16H2,1-6H3,(H,34,35)/t19-,26?/m1/s1. The molecular weight excluding hydrogens is 480 g/mol. The molecule has 0 radical (unpaired) electrons. The zero-order valence-electron chi connectivity index (χ0n) is 22.5. The topological polar surface area (TPSA) is 120 Å². The summed E-state index contributed by atoms with van der Waals surface area (Å²) in [5.41, 5.74) is -0.965. The van der Waals surface area contributed by atoms with Crippen LogP contribution < -0.4 is 9.64 Å². The summed E-state index contributed by atoms with van der Waals surface area (Å²) in [6, 6.07) is 4.43. The number of methoxy groups -OCH3 is 1. The third-order valence-electron chi connectivity index (χ3n) is 6.86.